The number of benzene rings is 1. The summed E-state index contributed by atoms with van der Waals surface area (Å²) in [5.41, 5.74) is 13.8. The summed E-state index contributed by atoms with van der Waals surface area (Å²) in [6.07, 6.45) is 0.851. The topological polar surface area (TPSA) is 52.0 Å². The maximum Gasteiger partial charge on any atom is 0.0307 e. The van der Waals surface area contributed by atoms with E-state index in [0.717, 1.165) is 6.42 Å². The van der Waals surface area contributed by atoms with Crippen LogP contribution >= 0.6 is 0 Å². The first-order valence-corrected chi connectivity index (χ1v) is 4.26. The van der Waals surface area contributed by atoms with E-state index in [2.05, 4.69) is 19.1 Å². The van der Waals surface area contributed by atoms with Gasteiger partial charge in [0, 0.05) is 6.04 Å². The molecule has 0 saturated carbocycles. The lowest BCUT2D eigenvalue weighted by atomic mass is 10.0. The summed E-state index contributed by atoms with van der Waals surface area (Å²) in [6, 6.07) is 8.35. The summed E-state index contributed by atoms with van der Waals surface area (Å²) < 4.78 is 0. The Morgan fingerprint density at radius 1 is 1.42 bits per heavy atom. The second kappa shape index (κ2) is 4.24. The average Bonchev–Trinajstić information content (AvgIpc) is 2.05. The minimum atomic E-state index is 0.0925. The van der Waals surface area contributed by atoms with Crippen LogP contribution in [0.1, 0.15) is 23.6 Å². The molecule has 1 rings (SSSR count). The second-order valence-corrected chi connectivity index (χ2v) is 3.10. The highest BCUT2D eigenvalue weighted by atomic mass is 14.7. The molecule has 0 saturated heterocycles. The highest BCUT2D eigenvalue weighted by Gasteiger charge is 2.03. The number of nitrogens with two attached hydrogens (primary N) is 2. The Kier molecular flexibility index (Phi) is 3.26. The maximum absolute atomic E-state index is 5.89. The third-order valence-electron chi connectivity index (χ3n) is 1.95. The Bertz CT molecular complexity index is 245. The van der Waals surface area contributed by atoms with Crippen molar-refractivity contribution in [2.45, 2.75) is 19.4 Å². The lowest BCUT2D eigenvalue weighted by Gasteiger charge is -2.10. The minimum absolute atomic E-state index is 0.0925. The first kappa shape index (κ1) is 9.23. The monoisotopic (exact) mass is 164 g/mol. The molecule has 0 radical (unpaired) electrons. The van der Waals surface area contributed by atoms with Crippen LogP contribution in [0.25, 0.3) is 0 Å². The van der Waals surface area contributed by atoms with Crippen molar-refractivity contribution >= 4 is 0 Å². The van der Waals surface area contributed by atoms with Gasteiger partial charge in [0.15, 0.2) is 0 Å². The third-order valence-corrected chi connectivity index (χ3v) is 1.95. The van der Waals surface area contributed by atoms with Crippen LogP contribution in [-0.4, -0.2) is 6.54 Å². The molecule has 66 valence electrons. The molecule has 0 bridgehead atoms. The van der Waals surface area contributed by atoms with E-state index in [-0.39, 0.29) is 6.04 Å². The summed E-state index contributed by atoms with van der Waals surface area (Å²) in [6.45, 7) is 2.72. The fourth-order valence-electron chi connectivity index (χ4n) is 1.25. The van der Waals surface area contributed by atoms with Crippen LogP contribution in [0, 0.1) is 6.92 Å². The summed E-state index contributed by atoms with van der Waals surface area (Å²) in [5.74, 6) is 0. The summed E-state index contributed by atoms with van der Waals surface area (Å²) >= 11 is 0. The molecule has 4 N–H and O–H groups in total. The van der Waals surface area contributed by atoms with Crippen LogP contribution in [0.2, 0.25) is 0 Å². The van der Waals surface area contributed by atoms with Crippen LogP contribution < -0.4 is 11.5 Å². The normalized spacial score (nSPS) is 12.9. The van der Waals surface area contributed by atoms with Gasteiger partial charge in [0.1, 0.15) is 0 Å². The summed E-state index contributed by atoms with van der Waals surface area (Å²) in [7, 11) is 0. The Morgan fingerprint density at radius 2 is 2.17 bits per heavy atom. The average molecular weight is 164 g/mol. The Hall–Kier alpha value is -0.860. The number of aryl methyl sites for hydroxylation is 1. The van der Waals surface area contributed by atoms with Crippen molar-refractivity contribution in [2.75, 3.05) is 6.54 Å². The second-order valence-electron chi connectivity index (χ2n) is 3.10. The molecule has 2 heteroatoms. The molecular weight excluding hydrogens is 148 g/mol. The largest absolute Gasteiger partial charge is 0.330 e. The molecule has 0 aliphatic heterocycles. The van der Waals surface area contributed by atoms with Crippen LogP contribution in [-0.2, 0) is 0 Å². The van der Waals surface area contributed by atoms with Crippen LogP contribution in [0.5, 0.6) is 0 Å². The molecule has 1 aromatic carbocycles. The van der Waals surface area contributed by atoms with Gasteiger partial charge in [-0.15, -0.1) is 0 Å². The first-order valence-electron chi connectivity index (χ1n) is 4.26. The van der Waals surface area contributed by atoms with Crippen molar-refractivity contribution in [1.82, 2.24) is 0 Å². The fourth-order valence-corrected chi connectivity index (χ4v) is 1.25. The molecule has 0 aliphatic rings. The highest BCUT2D eigenvalue weighted by Crippen LogP contribution is 2.14. The van der Waals surface area contributed by atoms with Gasteiger partial charge in [-0.1, -0.05) is 29.8 Å². The summed E-state index contributed by atoms with van der Waals surface area (Å²) in [4.78, 5) is 0. The molecule has 0 fully saturated rings. The molecule has 12 heavy (non-hydrogen) atoms. The number of rotatable bonds is 3. The Balaban J connectivity index is 2.73. The summed E-state index contributed by atoms with van der Waals surface area (Å²) in [5, 5.41) is 0. The molecule has 0 spiro atoms. The van der Waals surface area contributed by atoms with Gasteiger partial charge in [-0.25, -0.2) is 0 Å². The van der Waals surface area contributed by atoms with E-state index in [4.69, 9.17) is 11.5 Å². The van der Waals surface area contributed by atoms with Crippen LogP contribution in [0.3, 0.4) is 0 Å². The predicted octanol–water partition coefficient (Wildman–Crippen LogP) is 1.34. The zero-order chi connectivity index (χ0) is 8.97. The number of hydrogen-bond donors (Lipinski definition) is 2. The lowest BCUT2D eigenvalue weighted by molar-refractivity contribution is 0.661. The van der Waals surface area contributed by atoms with Gasteiger partial charge < -0.3 is 11.5 Å². The molecule has 1 atom stereocenters. The van der Waals surface area contributed by atoms with Crippen molar-refractivity contribution in [1.29, 1.82) is 0 Å². The van der Waals surface area contributed by atoms with E-state index in [0.29, 0.717) is 6.54 Å². The molecule has 2 nitrogen and oxygen atoms in total. The van der Waals surface area contributed by atoms with Gasteiger partial charge in [0.25, 0.3) is 0 Å². The molecule has 0 aromatic heterocycles. The zero-order valence-electron chi connectivity index (χ0n) is 7.46. The third kappa shape index (κ3) is 2.32. The zero-order valence-corrected chi connectivity index (χ0v) is 7.46. The van der Waals surface area contributed by atoms with Gasteiger partial charge in [-0.2, -0.15) is 0 Å². The highest BCUT2D eigenvalue weighted by molar-refractivity contribution is 5.24. The van der Waals surface area contributed by atoms with Gasteiger partial charge in [-0.05, 0) is 25.5 Å². The standard InChI is InChI=1S/C10H16N2/c1-8-3-2-4-9(7-8)10(12)5-6-11/h2-4,7,10H,5-6,11-12H2,1H3. The SMILES string of the molecule is Cc1cccc(C(N)CCN)c1. The molecular formula is C10H16N2. The quantitative estimate of drug-likeness (QED) is 0.708. The van der Waals surface area contributed by atoms with Crippen molar-refractivity contribution in [3.63, 3.8) is 0 Å². The fraction of sp³-hybridized carbons (Fsp3) is 0.400. The van der Waals surface area contributed by atoms with Crippen LogP contribution in [0.15, 0.2) is 24.3 Å². The predicted molar refractivity (Wildman–Crippen MR) is 51.8 cm³/mol. The molecule has 0 heterocycles. The van der Waals surface area contributed by atoms with Gasteiger partial charge in [-0.3, -0.25) is 0 Å². The van der Waals surface area contributed by atoms with E-state index in [1.54, 1.807) is 0 Å². The Morgan fingerprint density at radius 3 is 2.75 bits per heavy atom. The molecule has 0 amide bonds. The van der Waals surface area contributed by atoms with E-state index in [1.807, 2.05) is 12.1 Å². The smallest absolute Gasteiger partial charge is 0.0307 e. The van der Waals surface area contributed by atoms with Gasteiger partial charge >= 0.3 is 0 Å². The molecule has 1 aromatic rings. The van der Waals surface area contributed by atoms with Crippen molar-refractivity contribution < 1.29 is 0 Å². The lowest BCUT2D eigenvalue weighted by Crippen LogP contribution is -2.15. The molecule has 0 aliphatic carbocycles. The van der Waals surface area contributed by atoms with Crippen molar-refractivity contribution in [3.05, 3.63) is 35.4 Å². The van der Waals surface area contributed by atoms with Crippen molar-refractivity contribution in [3.8, 4) is 0 Å². The van der Waals surface area contributed by atoms with E-state index >= 15 is 0 Å². The Labute approximate surface area is 73.6 Å². The first-order chi connectivity index (χ1) is 5.74. The minimum Gasteiger partial charge on any atom is -0.330 e. The number of hydrogen-bond acceptors (Lipinski definition) is 2. The maximum atomic E-state index is 5.89. The van der Waals surface area contributed by atoms with E-state index in [1.165, 1.54) is 11.1 Å². The van der Waals surface area contributed by atoms with Gasteiger partial charge in [0.05, 0.1) is 0 Å². The van der Waals surface area contributed by atoms with E-state index < -0.39 is 0 Å². The van der Waals surface area contributed by atoms with Gasteiger partial charge in [0.2, 0.25) is 0 Å². The van der Waals surface area contributed by atoms with E-state index in [9.17, 15) is 0 Å². The van der Waals surface area contributed by atoms with Crippen LogP contribution in [0.4, 0.5) is 0 Å². The molecule has 1 unspecified atom stereocenters. The van der Waals surface area contributed by atoms with Crippen molar-refractivity contribution in [2.24, 2.45) is 11.5 Å².